The minimum atomic E-state index is -4.60. The fourth-order valence-electron chi connectivity index (χ4n) is 1.88. The van der Waals surface area contributed by atoms with Crippen molar-refractivity contribution >= 4 is 11.8 Å². The summed E-state index contributed by atoms with van der Waals surface area (Å²) in [4.78, 5) is 16.3. The lowest BCUT2D eigenvalue weighted by atomic mass is 10.1. The predicted molar refractivity (Wildman–Crippen MR) is 73.5 cm³/mol. The van der Waals surface area contributed by atoms with Gasteiger partial charge in [0.05, 0.1) is 0 Å². The maximum atomic E-state index is 12.8. The average Bonchev–Trinajstić information content (AvgIpc) is 2.42. The first-order valence-corrected chi connectivity index (χ1v) is 6.77. The van der Waals surface area contributed by atoms with Gasteiger partial charge in [0.25, 0.3) is 0 Å². The molecule has 1 unspecified atom stereocenters. The summed E-state index contributed by atoms with van der Waals surface area (Å²) < 4.78 is 38.3. The van der Waals surface area contributed by atoms with Gasteiger partial charge in [-0.05, 0) is 25.0 Å². The highest BCUT2D eigenvalue weighted by atomic mass is 19.4. The molecule has 1 aromatic heterocycles. The standard InChI is InChI=1S/C14H19F3N2O2/c1-4-9(3)8-19(5-2)12-10(13(20)21)6-7-11(18-12)14(15,16)17/h6-7,9H,4-5,8H2,1-3H3,(H,20,21). The molecule has 118 valence electrons. The Kier molecular flexibility index (Phi) is 5.57. The lowest BCUT2D eigenvalue weighted by molar-refractivity contribution is -0.141. The van der Waals surface area contributed by atoms with Crippen LogP contribution in [0.4, 0.5) is 19.0 Å². The number of anilines is 1. The van der Waals surface area contributed by atoms with E-state index in [9.17, 15) is 18.0 Å². The molecule has 0 saturated carbocycles. The van der Waals surface area contributed by atoms with Crippen LogP contribution >= 0.6 is 0 Å². The Hall–Kier alpha value is -1.79. The zero-order chi connectivity index (χ0) is 16.2. The molecule has 0 aromatic carbocycles. The minimum Gasteiger partial charge on any atom is -0.478 e. The first-order chi connectivity index (χ1) is 9.70. The molecule has 1 N–H and O–H groups in total. The van der Waals surface area contributed by atoms with Crippen LogP contribution in [0.25, 0.3) is 0 Å². The van der Waals surface area contributed by atoms with Gasteiger partial charge >= 0.3 is 12.1 Å². The average molecular weight is 304 g/mol. The Labute approximate surface area is 121 Å². The van der Waals surface area contributed by atoms with Crippen LogP contribution in [0, 0.1) is 5.92 Å². The third-order valence-corrected chi connectivity index (χ3v) is 3.31. The molecule has 0 bridgehead atoms. The molecule has 21 heavy (non-hydrogen) atoms. The van der Waals surface area contributed by atoms with E-state index in [4.69, 9.17) is 5.11 Å². The Bertz CT molecular complexity index is 503. The van der Waals surface area contributed by atoms with Crippen molar-refractivity contribution in [2.45, 2.75) is 33.4 Å². The molecule has 0 saturated heterocycles. The third kappa shape index (κ3) is 4.34. The van der Waals surface area contributed by atoms with E-state index in [0.717, 1.165) is 12.5 Å². The highest BCUT2D eigenvalue weighted by Crippen LogP contribution is 2.31. The van der Waals surface area contributed by atoms with Crippen LogP contribution < -0.4 is 4.90 Å². The number of alkyl halides is 3. The monoisotopic (exact) mass is 304 g/mol. The largest absolute Gasteiger partial charge is 0.478 e. The van der Waals surface area contributed by atoms with Gasteiger partial charge in [-0.1, -0.05) is 20.3 Å². The summed E-state index contributed by atoms with van der Waals surface area (Å²) in [5, 5.41) is 9.15. The number of aromatic nitrogens is 1. The van der Waals surface area contributed by atoms with Crippen molar-refractivity contribution in [3.05, 3.63) is 23.4 Å². The molecule has 0 spiro atoms. The van der Waals surface area contributed by atoms with Crippen molar-refractivity contribution < 1.29 is 23.1 Å². The summed E-state index contributed by atoms with van der Waals surface area (Å²) >= 11 is 0. The second-order valence-corrected chi connectivity index (χ2v) is 4.92. The number of hydrogen-bond donors (Lipinski definition) is 1. The number of hydrogen-bond acceptors (Lipinski definition) is 3. The first-order valence-electron chi connectivity index (χ1n) is 6.77. The van der Waals surface area contributed by atoms with E-state index in [1.807, 2.05) is 13.8 Å². The molecule has 0 radical (unpaired) electrons. The van der Waals surface area contributed by atoms with Crippen LogP contribution in [-0.2, 0) is 6.18 Å². The Morgan fingerprint density at radius 3 is 2.43 bits per heavy atom. The van der Waals surface area contributed by atoms with E-state index in [1.54, 1.807) is 11.8 Å². The van der Waals surface area contributed by atoms with Gasteiger partial charge in [-0.3, -0.25) is 0 Å². The van der Waals surface area contributed by atoms with Crippen molar-refractivity contribution in [3.63, 3.8) is 0 Å². The van der Waals surface area contributed by atoms with Crippen LogP contribution in [0.5, 0.6) is 0 Å². The summed E-state index contributed by atoms with van der Waals surface area (Å²) in [5.74, 6) is -1.18. The van der Waals surface area contributed by atoms with E-state index in [0.29, 0.717) is 19.2 Å². The number of carboxylic acids is 1. The molecule has 0 aliphatic heterocycles. The molecule has 4 nitrogen and oxygen atoms in total. The lowest BCUT2D eigenvalue weighted by Crippen LogP contribution is -2.31. The molecular formula is C14H19F3N2O2. The number of nitrogens with zero attached hydrogens (tertiary/aromatic N) is 2. The van der Waals surface area contributed by atoms with E-state index in [2.05, 4.69) is 4.98 Å². The van der Waals surface area contributed by atoms with Gasteiger partial charge in [0.15, 0.2) is 0 Å². The first kappa shape index (κ1) is 17.3. The molecule has 0 aliphatic carbocycles. The van der Waals surface area contributed by atoms with Crippen molar-refractivity contribution in [2.24, 2.45) is 5.92 Å². The van der Waals surface area contributed by atoms with Crippen LogP contribution in [0.3, 0.4) is 0 Å². The van der Waals surface area contributed by atoms with Crippen LogP contribution in [-0.4, -0.2) is 29.1 Å². The van der Waals surface area contributed by atoms with Gasteiger partial charge in [0.1, 0.15) is 17.1 Å². The second kappa shape index (κ2) is 6.78. The topological polar surface area (TPSA) is 53.4 Å². The van der Waals surface area contributed by atoms with Gasteiger partial charge in [0.2, 0.25) is 0 Å². The zero-order valence-electron chi connectivity index (χ0n) is 12.2. The van der Waals surface area contributed by atoms with Crippen molar-refractivity contribution in [3.8, 4) is 0 Å². The molecule has 1 heterocycles. The van der Waals surface area contributed by atoms with Crippen LogP contribution in [0.1, 0.15) is 43.2 Å². The van der Waals surface area contributed by atoms with Gasteiger partial charge in [-0.2, -0.15) is 13.2 Å². The predicted octanol–water partition coefficient (Wildman–Crippen LogP) is 3.67. The fourth-order valence-corrected chi connectivity index (χ4v) is 1.88. The number of pyridine rings is 1. The minimum absolute atomic E-state index is 0.125. The maximum Gasteiger partial charge on any atom is 0.433 e. The van der Waals surface area contributed by atoms with E-state index in [1.165, 1.54) is 0 Å². The summed E-state index contributed by atoms with van der Waals surface area (Å²) in [7, 11) is 0. The number of aromatic carboxylic acids is 1. The third-order valence-electron chi connectivity index (χ3n) is 3.31. The number of halogens is 3. The molecule has 7 heteroatoms. The quantitative estimate of drug-likeness (QED) is 0.871. The summed E-state index contributed by atoms with van der Waals surface area (Å²) in [5.41, 5.74) is -1.29. The molecule has 0 aliphatic rings. The van der Waals surface area contributed by atoms with Gasteiger partial charge in [0, 0.05) is 13.1 Å². The molecule has 1 atom stereocenters. The SMILES string of the molecule is CCC(C)CN(CC)c1nc(C(F)(F)F)ccc1C(=O)O. The number of rotatable bonds is 6. The maximum absolute atomic E-state index is 12.8. The lowest BCUT2D eigenvalue weighted by Gasteiger charge is -2.27. The molecule has 0 amide bonds. The van der Waals surface area contributed by atoms with Crippen LogP contribution in [0.15, 0.2) is 12.1 Å². The Balaban J connectivity index is 3.30. The van der Waals surface area contributed by atoms with Gasteiger partial charge < -0.3 is 10.0 Å². The van der Waals surface area contributed by atoms with Crippen molar-refractivity contribution in [1.29, 1.82) is 0 Å². The summed E-state index contributed by atoms with van der Waals surface area (Å²) in [6.45, 7) is 6.53. The molecule has 1 aromatic rings. The normalized spacial score (nSPS) is 13.0. The Morgan fingerprint density at radius 2 is 2.00 bits per heavy atom. The highest BCUT2D eigenvalue weighted by Gasteiger charge is 2.34. The summed E-state index contributed by atoms with van der Waals surface area (Å²) in [6.07, 6.45) is -3.75. The van der Waals surface area contributed by atoms with E-state index >= 15 is 0 Å². The molecule has 1 rings (SSSR count). The highest BCUT2D eigenvalue weighted by molar-refractivity contribution is 5.93. The molecular weight excluding hydrogens is 285 g/mol. The van der Waals surface area contributed by atoms with E-state index < -0.39 is 17.8 Å². The number of carboxylic acid groups (broad SMARTS) is 1. The van der Waals surface area contributed by atoms with Crippen molar-refractivity contribution in [2.75, 3.05) is 18.0 Å². The second-order valence-electron chi connectivity index (χ2n) is 4.92. The van der Waals surface area contributed by atoms with E-state index in [-0.39, 0.29) is 17.3 Å². The van der Waals surface area contributed by atoms with Crippen molar-refractivity contribution in [1.82, 2.24) is 4.98 Å². The zero-order valence-corrected chi connectivity index (χ0v) is 12.2. The van der Waals surface area contributed by atoms with Crippen LogP contribution in [0.2, 0.25) is 0 Å². The Morgan fingerprint density at radius 1 is 1.38 bits per heavy atom. The number of carbonyl (C=O) groups is 1. The fraction of sp³-hybridized carbons (Fsp3) is 0.571. The van der Waals surface area contributed by atoms with Gasteiger partial charge in [-0.15, -0.1) is 0 Å². The summed E-state index contributed by atoms with van der Waals surface area (Å²) in [6, 6.07) is 1.66. The van der Waals surface area contributed by atoms with Gasteiger partial charge in [-0.25, -0.2) is 9.78 Å². The smallest absolute Gasteiger partial charge is 0.433 e. The molecule has 0 fully saturated rings.